The number of aryl methyl sites for hydroxylation is 1. The number of carbonyl (C=O) groups excluding carboxylic acids is 1. The molecule has 3 heterocycles. The van der Waals surface area contributed by atoms with Crippen LogP contribution in [0.1, 0.15) is 27.7 Å². The Bertz CT molecular complexity index is 809. The zero-order chi connectivity index (χ0) is 17.6. The predicted molar refractivity (Wildman–Crippen MR) is 93.6 cm³/mol. The summed E-state index contributed by atoms with van der Waals surface area (Å²) in [5.74, 6) is 0.559. The van der Waals surface area contributed by atoms with E-state index in [-0.39, 0.29) is 17.8 Å². The van der Waals surface area contributed by atoms with Crippen molar-refractivity contribution in [2.24, 2.45) is 11.8 Å². The van der Waals surface area contributed by atoms with E-state index < -0.39 is 0 Å². The summed E-state index contributed by atoms with van der Waals surface area (Å²) in [6.07, 6.45) is 1.67. The molecule has 130 valence electrons. The Morgan fingerprint density at radius 2 is 2.04 bits per heavy atom. The van der Waals surface area contributed by atoms with E-state index in [0.29, 0.717) is 24.1 Å². The third-order valence-electron chi connectivity index (χ3n) is 5.58. The zero-order valence-electron chi connectivity index (χ0n) is 14.5. The summed E-state index contributed by atoms with van der Waals surface area (Å²) >= 11 is 0. The fourth-order valence-corrected chi connectivity index (χ4v) is 4.48. The Morgan fingerprint density at radius 1 is 1.20 bits per heavy atom. The van der Waals surface area contributed by atoms with Gasteiger partial charge in [0.2, 0.25) is 0 Å². The maximum Gasteiger partial charge on any atom is 0.272 e. The number of pyridine rings is 1. The number of likely N-dealkylation sites (tertiary alicyclic amines) is 2. The number of nitrogens with zero attached hydrogens (tertiary/aromatic N) is 3. The molecule has 0 spiro atoms. The lowest BCUT2D eigenvalue weighted by atomic mass is 9.89. The molecule has 4 nitrogen and oxygen atoms in total. The molecule has 0 bridgehead atoms. The van der Waals surface area contributed by atoms with Gasteiger partial charge < -0.3 is 4.90 Å². The summed E-state index contributed by atoms with van der Waals surface area (Å²) < 4.78 is 13.7. The molecule has 0 radical (unpaired) electrons. The molecule has 0 N–H and O–H groups in total. The van der Waals surface area contributed by atoms with Crippen molar-refractivity contribution in [1.82, 2.24) is 14.8 Å². The van der Waals surface area contributed by atoms with Crippen LogP contribution in [-0.2, 0) is 0 Å². The molecule has 2 saturated heterocycles. The number of fused-ring (bicyclic) bond motifs is 1. The molecule has 2 fully saturated rings. The van der Waals surface area contributed by atoms with Crippen LogP contribution in [0.4, 0.5) is 4.39 Å². The highest BCUT2D eigenvalue weighted by Crippen LogP contribution is 2.44. The van der Waals surface area contributed by atoms with Crippen molar-refractivity contribution in [2.75, 3.05) is 26.7 Å². The first-order valence-electron chi connectivity index (χ1n) is 8.71. The zero-order valence-corrected chi connectivity index (χ0v) is 14.5. The lowest BCUT2D eigenvalue weighted by Gasteiger charge is -2.27. The van der Waals surface area contributed by atoms with E-state index in [4.69, 9.17) is 0 Å². The fraction of sp³-hybridized carbons (Fsp3) is 0.400. The van der Waals surface area contributed by atoms with Gasteiger partial charge in [0.1, 0.15) is 11.5 Å². The molecule has 25 heavy (non-hydrogen) atoms. The SMILES string of the molecule is Cc1cccnc1C(=O)N1C[C@@H]2CN(C)[C@@H](c3cccc(F)c3)[C@@H]2C1. The van der Waals surface area contributed by atoms with Crippen molar-refractivity contribution in [3.05, 3.63) is 65.2 Å². The number of halogens is 1. The second-order valence-corrected chi connectivity index (χ2v) is 7.24. The molecular weight excluding hydrogens is 317 g/mol. The average molecular weight is 339 g/mol. The first-order chi connectivity index (χ1) is 12.0. The van der Waals surface area contributed by atoms with Crippen molar-refractivity contribution < 1.29 is 9.18 Å². The fourth-order valence-electron chi connectivity index (χ4n) is 4.48. The summed E-state index contributed by atoms with van der Waals surface area (Å²) in [5, 5.41) is 0. The van der Waals surface area contributed by atoms with E-state index in [9.17, 15) is 9.18 Å². The van der Waals surface area contributed by atoms with E-state index in [1.165, 1.54) is 6.07 Å². The standard InChI is InChI=1S/C20H22FN3O/c1-13-5-4-8-22-18(13)20(25)24-11-15-10-23(2)19(17(15)12-24)14-6-3-7-16(21)9-14/h3-9,15,17,19H,10-12H2,1-2H3/t15-,17+,19-/m0/s1. The van der Waals surface area contributed by atoms with E-state index in [0.717, 1.165) is 24.2 Å². The van der Waals surface area contributed by atoms with Gasteiger partial charge in [-0.05, 0) is 49.2 Å². The normalized spacial score (nSPS) is 26.0. The molecule has 1 amide bonds. The Hall–Kier alpha value is -2.27. The van der Waals surface area contributed by atoms with Crippen molar-refractivity contribution in [3.8, 4) is 0 Å². The number of hydrogen-bond acceptors (Lipinski definition) is 3. The Kier molecular flexibility index (Phi) is 4.04. The lowest BCUT2D eigenvalue weighted by molar-refractivity contribution is 0.0761. The first kappa shape index (κ1) is 16.2. The molecule has 0 aliphatic carbocycles. The summed E-state index contributed by atoms with van der Waals surface area (Å²) in [5.41, 5.74) is 2.44. The summed E-state index contributed by atoms with van der Waals surface area (Å²) in [7, 11) is 2.09. The van der Waals surface area contributed by atoms with Gasteiger partial charge in [0.05, 0.1) is 0 Å². The molecule has 2 aromatic rings. The first-order valence-corrected chi connectivity index (χ1v) is 8.71. The molecule has 4 rings (SSSR count). The van der Waals surface area contributed by atoms with E-state index >= 15 is 0 Å². The van der Waals surface area contributed by atoms with E-state index in [1.807, 2.05) is 30.0 Å². The molecule has 1 aromatic carbocycles. The van der Waals surface area contributed by atoms with E-state index in [1.54, 1.807) is 18.3 Å². The number of hydrogen-bond donors (Lipinski definition) is 0. The van der Waals surface area contributed by atoms with Crippen molar-refractivity contribution in [2.45, 2.75) is 13.0 Å². The van der Waals surface area contributed by atoms with Crippen LogP contribution in [0.5, 0.6) is 0 Å². The number of benzene rings is 1. The number of aromatic nitrogens is 1. The Balaban J connectivity index is 1.57. The highest BCUT2D eigenvalue weighted by molar-refractivity contribution is 5.93. The van der Waals surface area contributed by atoms with Crippen molar-refractivity contribution in [1.29, 1.82) is 0 Å². The Labute approximate surface area is 147 Å². The molecule has 0 unspecified atom stereocenters. The van der Waals surface area contributed by atoms with Gasteiger partial charge in [0.15, 0.2) is 0 Å². The van der Waals surface area contributed by atoms with Gasteiger partial charge in [-0.15, -0.1) is 0 Å². The second-order valence-electron chi connectivity index (χ2n) is 7.24. The summed E-state index contributed by atoms with van der Waals surface area (Å²) in [6.45, 7) is 4.29. The smallest absolute Gasteiger partial charge is 0.272 e. The van der Waals surface area contributed by atoms with Gasteiger partial charge in [0, 0.05) is 37.8 Å². The minimum Gasteiger partial charge on any atom is -0.337 e. The number of rotatable bonds is 2. The van der Waals surface area contributed by atoms with Gasteiger partial charge >= 0.3 is 0 Å². The molecule has 5 heteroatoms. The van der Waals surface area contributed by atoms with Gasteiger partial charge in [-0.25, -0.2) is 4.39 Å². The maximum absolute atomic E-state index is 13.7. The second kappa shape index (κ2) is 6.23. The molecule has 2 aliphatic rings. The molecular formula is C20H22FN3O. The average Bonchev–Trinajstić information content (AvgIpc) is 3.11. The van der Waals surface area contributed by atoms with Crippen LogP contribution in [-0.4, -0.2) is 47.4 Å². The molecule has 0 saturated carbocycles. The third kappa shape index (κ3) is 2.82. The van der Waals surface area contributed by atoms with Crippen LogP contribution >= 0.6 is 0 Å². The van der Waals surface area contributed by atoms with Crippen LogP contribution in [0.3, 0.4) is 0 Å². The minimum atomic E-state index is -0.204. The van der Waals surface area contributed by atoms with Gasteiger partial charge in [-0.2, -0.15) is 0 Å². The van der Waals surface area contributed by atoms with Crippen molar-refractivity contribution in [3.63, 3.8) is 0 Å². The van der Waals surface area contributed by atoms with Gasteiger partial charge in [-0.3, -0.25) is 14.7 Å². The monoisotopic (exact) mass is 339 g/mol. The van der Waals surface area contributed by atoms with Crippen LogP contribution in [0.2, 0.25) is 0 Å². The van der Waals surface area contributed by atoms with Crippen LogP contribution in [0.25, 0.3) is 0 Å². The largest absolute Gasteiger partial charge is 0.337 e. The summed E-state index contributed by atoms with van der Waals surface area (Å²) in [4.78, 5) is 21.3. The highest BCUT2D eigenvalue weighted by atomic mass is 19.1. The Morgan fingerprint density at radius 3 is 2.80 bits per heavy atom. The van der Waals surface area contributed by atoms with E-state index in [2.05, 4.69) is 16.9 Å². The highest BCUT2D eigenvalue weighted by Gasteiger charge is 2.47. The minimum absolute atomic E-state index is 0.00754. The van der Waals surface area contributed by atoms with Gasteiger partial charge in [-0.1, -0.05) is 18.2 Å². The molecule has 1 aromatic heterocycles. The van der Waals surface area contributed by atoms with Gasteiger partial charge in [0.25, 0.3) is 5.91 Å². The third-order valence-corrected chi connectivity index (χ3v) is 5.58. The number of carbonyl (C=O) groups is 1. The van der Waals surface area contributed by atoms with Crippen LogP contribution in [0, 0.1) is 24.6 Å². The summed E-state index contributed by atoms with van der Waals surface area (Å²) in [6, 6.07) is 10.8. The topological polar surface area (TPSA) is 36.4 Å². The molecule has 2 aliphatic heterocycles. The number of amides is 1. The lowest BCUT2D eigenvalue weighted by Crippen LogP contribution is -2.34. The van der Waals surface area contributed by atoms with Crippen LogP contribution < -0.4 is 0 Å². The maximum atomic E-state index is 13.7. The predicted octanol–water partition coefficient (Wildman–Crippen LogP) is 2.90. The quantitative estimate of drug-likeness (QED) is 0.844. The molecule has 3 atom stereocenters. The van der Waals surface area contributed by atoms with Crippen LogP contribution in [0.15, 0.2) is 42.6 Å². The van der Waals surface area contributed by atoms with Crippen molar-refractivity contribution >= 4 is 5.91 Å².